The lowest BCUT2D eigenvalue weighted by Crippen LogP contribution is -2.07. The number of aromatic nitrogens is 3. The Balaban J connectivity index is 1.67. The van der Waals surface area contributed by atoms with Crippen LogP contribution in [0.1, 0.15) is 16.2 Å². The smallest absolute Gasteiger partial charge is 0.341 e. The van der Waals surface area contributed by atoms with Gasteiger partial charge in [0.25, 0.3) is 5.89 Å². The van der Waals surface area contributed by atoms with E-state index in [1.165, 1.54) is 11.8 Å². The Morgan fingerprint density at radius 3 is 2.83 bits per heavy atom. The van der Waals surface area contributed by atoms with Crippen LogP contribution in [-0.4, -0.2) is 27.3 Å². The zero-order valence-corrected chi connectivity index (χ0v) is 13.1. The fourth-order valence-corrected chi connectivity index (χ4v) is 2.47. The summed E-state index contributed by atoms with van der Waals surface area (Å²) in [4.78, 5) is 20.4. The third-order valence-corrected chi connectivity index (χ3v) is 3.72. The number of hydrogen-bond donors (Lipinski definition) is 0. The fraction of sp³-hybridized carbons (Fsp3) is 0.125. The second-order valence-electron chi connectivity index (χ2n) is 4.51. The van der Waals surface area contributed by atoms with Gasteiger partial charge in [0.1, 0.15) is 5.03 Å². The molecule has 0 saturated carbocycles. The monoisotopic (exact) mass is 327 g/mol. The molecular formula is C16H13N3O3S. The summed E-state index contributed by atoms with van der Waals surface area (Å²) in [5.41, 5.74) is 1.26. The van der Waals surface area contributed by atoms with Crippen LogP contribution in [0.2, 0.25) is 0 Å². The molecule has 0 N–H and O–H groups in total. The van der Waals surface area contributed by atoms with Gasteiger partial charge in [-0.05, 0) is 18.4 Å². The highest BCUT2D eigenvalue weighted by Crippen LogP contribution is 2.19. The summed E-state index contributed by atoms with van der Waals surface area (Å²) < 4.78 is 10.3. The first kappa shape index (κ1) is 15.2. The lowest BCUT2D eigenvalue weighted by Gasteiger charge is -2.04. The molecule has 0 fully saturated rings. The topological polar surface area (TPSA) is 78.1 Å². The Morgan fingerprint density at radius 2 is 2.04 bits per heavy atom. The van der Waals surface area contributed by atoms with Gasteiger partial charge in [-0.15, -0.1) is 11.8 Å². The Bertz CT molecular complexity index is 805. The van der Waals surface area contributed by atoms with Gasteiger partial charge in [-0.1, -0.05) is 35.5 Å². The summed E-state index contributed by atoms with van der Waals surface area (Å²) in [5, 5.41) is 4.50. The van der Waals surface area contributed by atoms with E-state index in [4.69, 9.17) is 9.26 Å². The van der Waals surface area contributed by atoms with Crippen molar-refractivity contribution in [2.24, 2.45) is 0 Å². The minimum Gasteiger partial charge on any atom is -0.452 e. The normalized spacial score (nSPS) is 10.5. The van der Waals surface area contributed by atoms with Crippen molar-refractivity contribution in [1.82, 2.24) is 15.1 Å². The third-order valence-electron chi connectivity index (χ3n) is 3.01. The molecule has 0 saturated heterocycles. The molecule has 0 amide bonds. The van der Waals surface area contributed by atoms with E-state index in [9.17, 15) is 4.79 Å². The number of rotatable bonds is 5. The maximum absolute atomic E-state index is 12.1. The molecule has 1 aromatic carbocycles. The zero-order chi connectivity index (χ0) is 16.1. The first-order chi connectivity index (χ1) is 11.3. The molecule has 2 heterocycles. The van der Waals surface area contributed by atoms with Gasteiger partial charge in [-0.25, -0.2) is 9.78 Å². The summed E-state index contributed by atoms with van der Waals surface area (Å²) in [5.74, 6) is 0.233. The number of pyridine rings is 1. The van der Waals surface area contributed by atoms with E-state index in [-0.39, 0.29) is 12.5 Å². The Hall–Kier alpha value is -2.67. The number of benzene rings is 1. The van der Waals surface area contributed by atoms with Gasteiger partial charge in [-0.3, -0.25) is 0 Å². The molecule has 23 heavy (non-hydrogen) atoms. The fourth-order valence-electron chi connectivity index (χ4n) is 1.93. The van der Waals surface area contributed by atoms with Crippen LogP contribution in [0.3, 0.4) is 0 Å². The second kappa shape index (κ2) is 7.06. The molecule has 7 heteroatoms. The molecule has 0 aliphatic rings. The number of carbonyl (C=O) groups is 1. The molecule has 2 aromatic heterocycles. The lowest BCUT2D eigenvalue weighted by atomic mass is 10.2. The molecule has 3 aromatic rings. The number of thioether (sulfide) groups is 1. The van der Waals surface area contributed by atoms with Crippen LogP contribution >= 0.6 is 11.8 Å². The molecular weight excluding hydrogens is 314 g/mol. The van der Waals surface area contributed by atoms with Crippen LogP contribution in [0.25, 0.3) is 11.4 Å². The average Bonchev–Trinajstić information content (AvgIpc) is 3.09. The number of ether oxygens (including phenoxy) is 1. The Morgan fingerprint density at radius 1 is 1.22 bits per heavy atom. The molecule has 116 valence electrons. The molecule has 0 aliphatic heterocycles. The Labute approximate surface area is 136 Å². The van der Waals surface area contributed by atoms with Crippen molar-refractivity contribution >= 4 is 17.7 Å². The van der Waals surface area contributed by atoms with Crippen LogP contribution in [0.4, 0.5) is 0 Å². The highest BCUT2D eigenvalue weighted by molar-refractivity contribution is 7.98. The van der Waals surface area contributed by atoms with Crippen LogP contribution < -0.4 is 0 Å². The van der Waals surface area contributed by atoms with Crippen LogP contribution in [0.5, 0.6) is 0 Å². The molecule has 0 aliphatic carbocycles. The van der Waals surface area contributed by atoms with Gasteiger partial charge in [0.15, 0.2) is 6.61 Å². The predicted octanol–water partition coefficient (Wildman–Crippen LogP) is 3.21. The van der Waals surface area contributed by atoms with Crippen molar-refractivity contribution in [2.75, 3.05) is 6.26 Å². The SMILES string of the molecule is CSc1ncccc1C(=O)OCc1nc(-c2ccccc2)no1. The standard InChI is InChI=1S/C16H13N3O3S/c1-23-15-12(8-5-9-17-15)16(20)21-10-13-18-14(19-22-13)11-6-3-2-4-7-11/h2-9H,10H2,1H3. The summed E-state index contributed by atoms with van der Waals surface area (Å²) in [6, 6.07) is 12.8. The van der Waals surface area contributed by atoms with Crippen molar-refractivity contribution in [3.63, 3.8) is 0 Å². The molecule has 0 atom stereocenters. The summed E-state index contributed by atoms with van der Waals surface area (Å²) in [6.07, 6.45) is 3.48. The van der Waals surface area contributed by atoms with Gasteiger partial charge in [0.05, 0.1) is 5.56 Å². The average molecular weight is 327 g/mol. The highest BCUT2D eigenvalue weighted by Gasteiger charge is 2.15. The minimum absolute atomic E-state index is 0.0820. The van der Waals surface area contributed by atoms with Gasteiger partial charge in [-0.2, -0.15) is 4.98 Å². The number of hydrogen-bond acceptors (Lipinski definition) is 7. The van der Waals surface area contributed by atoms with Crippen LogP contribution in [0, 0.1) is 0 Å². The molecule has 0 spiro atoms. The predicted molar refractivity (Wildman–Crippen MR) is 84.9 cm³/mol. The van der Waals surface area contributed by atoms with E-state index in [0.29, 0.717) is 16.4 Å². The summed E-state index contributed by atoms with van der Waals surface area (Å²) in [6.45, 7) is -0.0820. The highest BCUT2D eigenvalue weighted by atomic mass is 32.2. The van der Waals surface area contributed by atoms with Crippen LogP contribution in [-0.2, 0) is 11.3 Å². The van der Waals surface area contributed by atoms with E-state index in [2.05, 4.69) is 15.1 Å². The van der Waals surface area contributed by atoms with Crippen LogP contribution in [0.15, 0.2) is 58.2 Å². The van der Waals surface area contributed by atoms with E-state index in [1.54, 1.807) is 18.3 Å². The van der Waals surface area contributed by atoms with Crippen molar-refractivity contribution in [1.29, 1.82) is 0 Å². The van der Waals surface area contributed by atoms with E-state index >= 15 is 0 Å². The Kier molecular flexibility index (Phi) is 4.68. The van der Waals surface area contributed by atoms with E-state index < -0.39 is 5.97 Å². The molecule has 0 bridgehead atoms. The largest absolute Gasteiger partial charge is 0.452 e. The molecule has 0 unspecified atom stereocenters. The maximum Gasteiger partial charge on any atom is 0.341 e. The lowest BCUT2D eigenvalue weighted by molar-refractivity contribution is 0.0425. The van der Waals surface area contributed by atoms with Gasteiger partial charge in [0, 0.05) is 11.8 Å². The van der Waals surface area contributed by atoms with Gasteiger partial charge >= 0.3 is 5.97 Å². The number of esters is 1. The quantitative estimate of drug-likeness (QED) is 0.526. The summed E-state index contributed by atoms with van der Waals surface area (Å²) >= 11 is 1.38. The summed E-state index contributed by atoms with van der Waals surface area (Å²) in [7, 11) is 0. The first-order valence-corrected chi connectivity index (χ1v) is 8.04. The van der Waals surface area contributed by atoms with Crippen molar-refractivity contribution < 1.29 is 14.1 Å². The van der Waals surface area contributed by atoms with Crippen molar-refractivity contribution in [2.45, 2.75) is 11.6 Å². The third kappa shape index (κ3) is 3.57. The first-order valence-electron chi connectivity index (χ1n) is 6.82. The molecule has 3 rings (SSSR count). The van der Waals surface area contributed by atoms with Crippen molar-refractivity contribution in [3.8, 4) is 11.4 Å². The minimum atomic E-state index is -0.470. The number of carbonyl (C=O) groups excluding carboxylic acids is 1. The van der Waals surface area contributed by atoms with Gasteiger partial charge < -0.3 is 9.26 Å². The molecule has 0 radical (unpaired) electrons. The zero-order valence-electron chi connectivity index (χ0n) is 12.3. The molecule has 6 nitrogen and oxygen atoms in total. The number of nitrogens with zero attached hydrogens (tertiary/aromatic N) is 3. The van der Waals surface area contributed by atoms with E-state index in [1.807, 2.05) is 36.6 Å². The second-order valence-corrected chi connectivity index (χ2v) is 5.31. The van der Waals surface area contributed by atoms with E-state index in [0.717, 1.165) is 5.56 Å². The maximum atomic E-state index is 12.1. The van der Waals surface area contributed by atoms with Gasteiger partial charge in [0.2, 0.25) is 5.82 Å². The van der Waals surface area contributed by atoms with Crippen molar-refractivity contribution in [3.05, 3.63) is 60.1 Å².